The molecule has 0 aliphatic heterocycles. The van der Waals surface area contributed by atoms with Gasteiger partial charge in [-0.2, -0.15) is 0 Å². The van der Waals surface area contributed by atoms with E-state index in [-0.39, 0.29) is 38.7 Å². The molecule has 10 nitrogen and oxygen atoms in total. The Hall–Kier alpha value is -2.07. The molecule has 0 saturated carbocycles. The van der Waals surface area contributed by atoms with Crippen LogP contribution in [0.15, 0.2) is 48.6 Å². The summed E-state index contributed by atoms with van der Waals surface area (Å²) in [6.07, 6.45) is 40.6. The highest BCUT2D eigenvalue weighted by Gasteiger charge is 2.26. The van der Waals surface area contributed by atoms with Crippen LogP contribution < -0.4 is 5.73 Å². The van der Waals surface area contributed by atoms with E-state index < -0.39 is 32.5 Å². The van der Waals surface area contributed by atoms with Crippen molar-refractivity contribution in [3.63, 3.8) is 0 Å². The summed E-state index contributed by atoms with van der Waals surface area (Å²) >= 11 is 0. The summed E-state index contributed by atoms with van der Waals surface area (Å²) in [5.41, 5.74) is 5.34. The van der Waals surface area contributed by atoms with Crippen molar-refractivity contribution in [1.82, 2.24) is 0 Å². The maximum atomic E-state index is 12.6. The Labute approximate surface area is 329 Å². The summed E-state index contributed by atoms with van der Waals surface area (Å²) in [6.45, 7) is 3.46. The third-order valence-electron chi connectivity index (χ3n) is 8.77. The van der Waals surface area contributed by atoms with Gasteiger partial charge in [-0.25, -0.2) is 4.57 Å². The summed E-state index contributed by atoms with van der Waals surface area (Å²) in [6, 6.07) is 0. The van der Waals surface area contributed by atoms with Crippen molar-refractivity contribution in [3.05, 3.63) is 48.6 Å². The zero-order valence-electron chi connectivity index (χ0n) is 34.1. The fourth-order valence-corrected chi connectivity index (χ4v) is 6.41. The van der Waals surface area contributed by atoms with E-state index in [1.54, 1.807) is 0 Å². The zero-order valence-corrected chi connectivity index (χ0v) is 35.0. The van der Waals surface area contributed by atoms with E-state index in [4.69, 9.17) is 24.3 Å². The molecule has 0 aromatic carbocycles. The minimum atomic E-state index is -4.39. The molecule has 0 aromatic heterocycles. The summed E-state index contributed by atoms with van der Waals surface area (Å²) in [5, 5.41) is 9.72. The number of phosphoric acid groups is 1. The van der Waals surface area contributed by atoms with Crippen molar-refractivity contribution in [2.45, 2.75) is 187 Å². The van der Waals surface area contributed by atoms with Gasteiger partial charge in [-0.15, -0.1) is 0 Å². The number of unbranched alkanes of at least 4 members (excludes halogenated alkanes) is 15. The topological polar surface area (TPSA) is 155 Å². The van der Waals surface area contributed by atoms with Crippen LogP contribution >= 0.6 is 7.82 Å². The molecule has 0 saturated heterocycles. The number of aliphatic hydroxyl groups excluding tert-OH is 1. The molecule has 0 radical (unpaired) electrons. The van der Waals surface area contributed by atoms with E-state index in [2.05, 4.69) is 50.3 Å². The zero-order chi connectivity index (χ0) is 39.8. The van der Waals surface area contributed by atoms with Gasteiger partial charge in [-0.1, -0.05) is 159 Å². The highest BCUT2D eigenvalue weighted by atomic mass is 31.2. The number of rotatable bonds is 39. The molecule has 4 N–H and O–H groups in total. The minimum absolute atomic E-state index is 0.0400. The molecule has 2 unspecified atom stereocenters. The van der Waals surface area contributed by atoms with E-state index >= 15 is 0 Å². The van der Waals surface area contributed by atoms with Crippen LogP contribution in [0.4, 0.5) is 0 Å². The third kappa shape index (κ3) is 38.2. The van der Waals surface area contributed by atoms with Gasteiger partial charge in [-0.05, 0) is 51.4 Å². The Balaban J connectivity index is 4.27. The Bertz CT molecular complexity index is 1050. The maximum Gasteiger partial charge on any atom is 0.472 e. The average Bonchev–Trinajstić information content (AvgIpc) is 3.15. The normalized spacial score (nSPS) is 14.4. The molecule has 11 heteroatoms. The monoisotopic (exact) mass is 784 g/mol. The van der Waals surface area contributed by atoms with Crippen molar-refractivity contribution < 1.29 is 42.7 Å². The van der Waals surface area contributed by atoms with Gasteiger partial charge in [0.15, 0.2) is 6.10 Å². The second-order valence-corrected chi connectivity index (χ2v) is 15.5. The second-order valence-electron chi connectivity index (χ2n) is 14.0. The first-order valence-corrected chi connectivity index (χ1v) is 22.7. The Morgan fingerprint density at radius 1 is 0.630 bits per heavy atom. The van der Waals surface area contributed by atoms with Crippen LogP contribution in [0.5, 0.6) is 0 Å². The summed E-state index contributed by atoms with van der Waals surface area (Å²) in [7, 11) is -4.39. The first-order valence-electron chi connectivity index (χ1n) is 21.2. The Kier molecular flexibility index (Phi) is 37.7. The van der Waals surface area contributed by atoms with Gasteiger partial charge in [-0.3, -0.25) is 18.6 Å². The number of hydrogen-bond acceptors (Lipinski definition) is 9. The molecule has 0 fully saturated rings. The number of carbonyl (C=O) groups is 2. The molecule has 0 heterocycles. The first-order chi connectivity index (χ1) is 26.2. The Morgan fingerprint density at radius 2 is 1.13 bits per heavy atom. The molecule has 0 bridgehead atoms. The number of esters is 2. The predicted molar refractivity (Wildman–Crippen MR) is 221 cm³/mol. The summed E-state index contributed by atoms with van der Waals surface area (Å²) < 4.78 is 32.7. The van der Waals surface area contributed by atoms with E-state index in [1.165, 1.54) is 70.6 Å². The van der Waals surface area contributed by atoms with Gasteiger partial charge in [0.25, 0.3) is 0 Å². The van der Waals surface area contributed by atoms with Gasteiger partial charge in [0, 0.05) is 19.4 Å². The Morgan fingerprint density at radius 3 is 1.67 bits per heavy atom. The number of allylic oxidation sites excluding steroid dienone is 7. The largest absolute Gasteiger partial charge is 0.472 e. The molecule has 54 heavy (non-hydrogen) atoms. The predicted octanol–water partition coefficient (Wildman–Crippen LogP) is 10.9. The number of hydrogen-bond donors (Lipinski definition) is 3. The molecule has 0 rings (SSSR count). The molecular weight excluding hydrogens is 705 g/mol. The van der Waals surface area contributed by atoms with Crippen LogP contribution in [-0.2, 0) is 32.7 Å². The minimum Gasteiger partial charge on any atom is -0.462 e. The van der Waals surface area contributed by atoms with Crippen LogP contribution in [0, 0.1) is 0 Å². The van der Waals surface area contributed by atoms with Crippen LogP contribution in [0.25, 0.3) is 0 Å². The van der Waals surface area contributed by atoms with Gasteiger partial charge in [0.2, 0.25) is 0 Å². The number of aliphatic hydroxyl groups is 1. The lowest BCUT2D eigenvalue weighted by atomic mass is 10.0. The van der Waals surface area contributed by atoms with Crippen LogP contribution in [0.1, 0.15) is 174 Å². The lowest BCUT2D eigenvalue weighted by Crippen LogP contribution is -2.29. The number of phosphoric ester groups is 1. The van der Waals surface area contributed by atoms with Gasteiger partial charge < -0.3 is 25.2 Å². The lowest BCUT2D eigenvalue weighted by molar-refractivity contribution is -0.161. The van der Waals surface area contributed by atoms with Crippen LogP contribution in [-0.4, -0.2) is 60.5 Å². The number of ether oxygens (including phenoxy) is 2. The standard InChI is InChI=1S/C43H78NO9P/c1-3-5-6-7-8-9-10-11-12-15-19-22-25-28-31-35-43(47)53-41(39-52-54(48,49)51-37-36-44)38-50-42(46)34-30-27-24-21-18-16-13-14-17-20-23-26-29-33-40(45)32-4-2/h13,16-17,20-21,24,26,29,40-41,45H,3-12,14-15,18-19,22-23,25,27-28,30-39,44H2,1-2H3,(H,48,49)/b16-13-,20-17-,24-21-,29-26-/t40?,41-/m1/s1. The van der Waals surface area contributed by atoms with Gasteiger partial charge >= 0.3 is 19.8 Å². The molecule has 314 valence electrons. The van der Waals surface area contributed by atoms with Gasteiger partial charge in [0.05, 0.1) is 19.3 Å². The molecule has 0 aliphatic rings. The molecule has 3 atom stereocenters. The molecule has 0 aliphatic carbocycles. The van der Waals surface area contributed by atoms with Crippen molar-refractivity contribution >= 4 is 19.8 Å². The number of carbonyl (C=O) groups excluding carboxylic acids is 2. The SMILES string of the molecule is CCCCCCCCCCCCCCCCCC(=O)O[C@H](COC(=O)CCC/C=C\C/C=C\C/C=C\C/C=C\CC(O)CCC)COP(=O)(O)OCCN. The molecular formula is C43H78NO9P. The van der Waals surface area contributed by atoms with E-state index in [0.717, 1.165) is 57.8 Å². The smallest absolute Gasteiger partial charge is 0.462 e. The lowest BCUT2D eigenvalue weighted by Gasteiger charge is -2.19. The first kappa shape index (κ1) is 51.9. The summed E-state index contributed by atoms with van der Waals surface area (Å²) in [4.78, 5) is 34.8. The van der Waals surface area contributed by atoms with E-state index in [9.17, 15) is 24.2 Å². The van der Waals surface area contributed by atoms with E-state index in [0.29, 0.717) is 19.3 Å². The van der Waals surface area contributed by atoms with E-state index in [1.807, 2.05) is 12.2 Å². The maximum absolute atomic E-state index is 12.6. The highest BCUT2D eigenvalue weighted by molar-refractivity contribution is 7.47. The molecule has 0 amide bonds. The third-order valence-corrected chi connectivity index (χ3v) is 9.76. The average molecular weight is 784 g/mol. The highest BCUT2D eigenvalue weighted by Crippen LogP contribution is 2.43. The van der Waals surface area contributed by atoms with Crippen molar-refractivity contribution in [3.8, 4) is 0 Å². The molecule has 0 aromatic rings. The number of nitrogens with two attached hydrogens (primary N) is 1. The van der Waals surface area contributed by atoms with Crippen molar-refractivity contribution in [1.29, 1.82) is 0 Å². The van der Waals surface area contributed by atoms with Crippen molar-refractivity contribution in [2.24, 2.45) is 5.73 Å². The van der Waals surface area contributed by atoms with Gasteiger partial charge in [0.1, 0.15) is 6.61 Å². The van der Waals surface area contributed by atoms with Crippen LogP contribution in [0.3, 0.4) is 0 Å². The molecule has 0 spiro atoms. The fourth-order valence-electron chi connectivity index (χ4n) is 5.64. The second kappa shape index (κ2) is 39.2. The van der Waals surface area contributed by atoms with Crippen LogP contribution in [0.2, 0.25) is 0 Å². The quantitative estimate of drug-likeness (QED) is 0.0237. The van der Waals surface area contributed by atoms with Crippen molar-refractivity contribution in [2.75, 3.05) is 26.4 Å². The summed E-state index contributed by atoms with van der Waals surface area (Å²) in [5.74, 6) is -0.913. The fraction of sp³-hybridized carbons (Fsp3) is 0.767.